The third-order valence-electron chi connectivity index (χ3n) is 17.4. The van der Waals surface area contributed by atoms with Gasteiger partial charge in [0.25, 0.3) is 0 Å². The highest BCUT2D eigenvalue weighted by Crippen LogP contribution is 2.48. The van der Waals surface area contributed by atoms with Crippen molar-refractivity contribution in [3.63, 3.8) is 0 Å². The Morgan fingerprint density at radius 1 is 0.274 bits per heavy atom. The van der Waals surface area contributed by atoms with Crippen molar-refractivity contribution < 1.29 is 0 Å². The Balaban J connectivity index is 0.000000124. The van der Waals surface area contributed by atoms with Gasteiger partial charge in [-0.1, -0.05) is 158 Å². The highest BCUT2D eigenvalue weighted by molar-refractivity contribution is 6.34. The van der Waals surface area contributed by atoms with Crippen LogP contribution in [0, 0.1) is 0 Å². The fourth-order valence-corrected chi connectivity index (χ4v) is 14.1. The smallest absolute Gasteiger partial charge is 0.235 e. The summed E-state index contributed by atoms with van der Waals surface area (Å²) in [5.41, 5.74) is 17.7. The second-order valence-electron chi connectivity index (χ2n) is 21.8. The van der Waals surface area contributed by atoms with Crippen LogP contribution in [-0.2, 0) is 0 Å². The number of fused-ring (bicyclic) bond motifs is 14. The Bertz CT molecular complexity index is 6110. The molecule has 20 rings (SSSR count). The molecule has 10 heteroatoms. The summed E-state index contributed by atoms with van der Waals surface area (Å²) in [4.78, 5) is 30.4. The lowest BCUT2D eigenvalue weighted by molar-refractivity contribution is 1.01. The number of pyridine rings is 2. The molecule has 0 unspecified atom stereocenters. The molecule has 10 nitrogen and oxygen atoms in total. The molecule has 10 heterocycles. The number of hydrogen-bond acceptors (Lipinski definition) is 6. The first kappa shape index (κ1) is 45.1. The maximum absolute atomic E-state index is 5.31. The number of para-hydroxylation sites is 5. The van der Waals surface area contributed by atoms with E-state index in [9.17, 15) is 0 Å². The van der Waals surface area contributed by atoms with Crippen molar-refractivity contribution in [1.82, 2.24) is 47.8 Å². The summed E-state index contributed by atoms with van der Waals surface area (Å²) < 4.78 is 9.32. The highest BCUT2D eigenvalue weighted by atomic mass is 15.2. The first-order valence-electron chi connectivity index (χ1n) is 28.3. The number of rotatable bonds is 4. The molecular weight excluding hydrogens is 1030 g/mol. The number of hydrogen-bond donors (Lipinski definition) is 0. The van der Waals surface area contributed by atoms with Crippen molar-refractivity contribution >= 4 is 142 Å². The predicted octanol–water partition coefficient (Wildman–Crippen LogP) is 17.9. The molecule has 0 amide bonds. The minimum absolute atomic E-state index is 0.669. The standard InChI is InChI=1S/2C37H21N5/c1-2-10-22(11-3-1)34-37(40-28-16-6-5-15-27(28)39-34)41-30-18-8-13-24-23-12-4-7-17-29(23)42-35-25(26-14-9-21-38-36(26)42)19-20-31(41)33(35)32(24)30;1-2-9-22(10-3-1)35-27-12-4-6-14-28(27)39-37(40-35)42-30-16-8-13-25-23-11-5-7-15-29(23)41-32-21-38-20-19-24(32)26-17-18-31(42)34(33(25)30)36(26)41/h2*1-21H. The van der Waals surface area contributed by atoms with E-state index in [1.165, 1.54) is 75.8 Å². The van der Waals surface area contributed by atoms with Crippen molar-refractivity contribution in [3.8, 4) is 34.3 Å². The van der Waals surface area contributed by atoms with Crippen LogP contribution in [0.3, 0.4) is 0 Å². The molecule has 84 heavy (non-hydrogen) atoms. The number of aromatic nitrogens is 10. The Kier molecular flexibility index (Phi) is 9.12. The lowest BCUT2D eigenvalue weighted by atomic mass is 10.0. The SMILES string of the molecule is c1ccc(-c2nc(-n3c4cccc5c6ccccc6n6c7cnccc7c7ccc3c(c54)c76)nc3ccccc23)cc1.c1ccc(-c2nc3ccccc3nc2-n2c3cccc4c5ccccc5n5c6ncccc6c6ccc2c(c43)c65)cc1. The summed E-state index contributed by atoms with van der Waals surface area (Å²) in [7, 11) is 0. The second kappa shape index (κ2) is 17.0. The molecule has 0 aliphatic rings. The average Bonchev–Trinajstić information content (AvgIpc) is 1.69. The summed E-state index contributed by atoms with van der Waals surface area (Å²) in [5, 5.41) is 15.5. The van der Waals surface area contributed by atoms with E-state index in [1.54, 1.807) is 0 Å². The molecule has 388 valence electrons. The Morgan fingerprint density at radius 2 is 0.786 bits per heavy atom. The summed E-state index contributed by atoms with van der Waals surface area (Å²) in [5.74, 6) is 1.49. The van der Waals surface area contributed by atoms with E-state index < -0.39 is 0 Å². The minimum atomic E-state index is 0.669. The zero-order chi connectivity index (χ0) is 54.7. The molecule has 10 aromatic heterocycles. The Hall–Kier alpha value is -11.6. The molecule has 10 aromatic carbocycles. The summed E-state index contributed by atoms with van der Waals surface area (Å²) in [6.07, 6.45) is 5.76. The zero-order valence-corrected chi connectivity index (χ0v) is 44.7. The van der Waals surface area contributed by atoms with Crippen molar-refractivity contribution in [2.24, 2.45) is 0 Å². The van der Waals surface area contributed by atoms with E-state index in [0.717, 1.165) is 94.4 Å². The Labute approximate surface area is 476 Å². The van der Waals surface area contributed by atoms with E-state index in [4.69, 9.17) is 24.9 Å². The molecule has 20 aromatic rings. The monoisotopic (exact) mass is 1070 g/mol. The van der Waals surface area contributed by atoms with Crippen molar-refractivity contribution in [1.29, 1.82) is 0 Å². The molecule has 0 saturated heterocycles. The van der Waals surface area contributed by atoms with Crippen molar-refractivity contribution in [3.05, 3.63) is 255 Å². The lowest BCUT2D eigenvalue weighted by Crippen LogP contribution is -2.03. The van der Waals surface area contributed by atoms with Crippen molar-refractivity contribution in [2.75, 3.05) is 0 Å². The molecule has 0 N–H and O–H groups in total. The molecule has 0 bridgehead atoms. The lowest BCUT2D eigenvalue weighted by Gasteiger charge is -2.14. The van der Waals surface area contributed by atoms with Crippen LogP contribution in [0.4, 0.5) is 0 Å². The Morgan fingerprint density at radius 3 is 1.50 bits per heavy atom. The van der Waals surface area contributed by atoms with Gasteiger partial charge in [0.05, 0.1) is 78.1 Å². The topological polar surface area (TPSA) is 96.0 Å². The zero-order valence-electron chi connectivity index (χ0n) is 44.7. The fraction of sp³-hybridized carbons (Fsp3) is 0. The van der Waals surface area contributed by atoms with Gasteiger partial charge in [-0.05, 0) is 89.6 Å². The van der Waals surface area contributed by atoms with E-state index in [0.29, 0.717) is 5.95 Å². The van der Waals surface area contributed by atoms with Crippen molar-refractivity contribution in [2.45, 2.75) is 0 Å². The van der Waals surface area contributed by atoms with Crippen LogP contribution in [-0.4, -0.2) is 47.8 Å². The van der Waals surface area contributed by atoms with Gasteiger partial charge in [-0.15, -0.1) is 0 Å². The van der Waals surface area contributed by atoms with E-state index in [1.807, 2.05) is 67.1 Å². The van der Waals surface area contributed by atoms with Gasteiger partial charge in [0.15, 0.2) is 5.82 Å². The third-order valence-corrected chi connectivity index (χ3v) is 17.4. The van der Waals surface area contributed by atoms with E-state index in [2.05, 4.69) is 211 Å². The van der Waals surface area contributed by atoms with Gasteiger partial charge in [-0.3, -0.25) is 18.5 Å². The third kappa shape index (κ3) is 6.06. The predicted molar refractivity (Wildman–Crippen MR) is 344 cm³/mol. The van der Waals surface area contributed by atoms with Crippen LogP contribution >= 0.6 is 0 Å². The summed E-state index contributed by atoms with van der Waals surface area (Å²) in [6.45, 7) is 0. The van der Waals surface area contributed by atoms with Gasteiger partial charge in [-0.2, -0.15) is 0 Å². The average molecular weight is 1070 g/mol. The maximum Gasteiger partial charge on any atom is 0.235 e. The van der Waals surface area contributed by atoms with E-state index >= 15 is 0 Å². The molecule has 0 spiro atoms. The van der Waals surface area contributed by atoms with Crippen LogP contribution in [0.25, 0.3) is 176 Å². The number of nitrogens with zero attached hydrogens (tertiary/aromatic N) is 10. The highest BCUT2D eigenvalue weighted by Gasteiger charge is 2.27. The quantitative estimate of drug-likeness (QED) is 0.174. The maximum atomic E-state index is 5.31. The normalized spacial score (nSPS) is 12.3. The van der Waals surface area contributed by atoms with Gasteiger partial charge in [0, 0.05) is 82.8 Å². The second-order valence-corrected chi connectivity index (χ2v) is 21.8. The molecule has 0 atom stereocenters. The summed E-state index contributed by atoms with van der Waals surface area (Å²) in [6, 6.07) is 83.1. The first-order chi connectivity index (χ1) is 41.7. The fourth-order valence-electron chi connectivity index (χ4n) is 14.1. The van der Waals surface area contributed by atoms with Crippen LogP contribution in [0.5, 0.6) is 0 Å². The number of benzene rings is 10. The molecule has 0 radical (unpaired) electrons. The van der Waals surface area contributed by atoms with Crippen LogP contribution in [0.15, 0.2) is 255 Å². The molecular formula is C74H42N10. The molecule has 0 saturated carbocycles. The first-order valence-corrected chi connectivity index (χ1v) is 28.3. The van der Waals surface area contributed by atoms with Crippen LogP contribution in [0.1, 0.15) is 0 Å². The molecule has 0 fully saturated rings. The summed E-state index contributed by atoms with van der Waals surface area (Å²) >= 11 is 0. The molecule has 0 aliphatic carbocycles. The van der Waals surface area contributed by atoms with Gasteiger partial charge < -0.3 is 4.40 Å². The van der Waals surface area contributed by atoms with Crippen LogP contribution in [0.2, 0.25) is 0 Å². The minimum Gasteiger partial charge on any atom is -0.306 e. The van der Waals surface area contributed by atoms with Gasteiger partial charge in [0.1, 0.15) is 11.3 Å². The van der Waals surface area contributed by atoms with Gasteiger partial charge >= 0.3 is 0 Å². The van der Waals surface area contributed by atoms with Gasteiger partial charge in [-0.25, -0.2) is 24.9 Å². The van der Waals surface area contributed by atoms with Crippen LogP contribution < -0.4 is 0 Å². The van der Waals surface area contributed by atoms with Gasteiger partial charge in [0.2, 0.25) is 5.95 Å². The molecule has 0 aliphatic heterocycles. The largest absolute Gasteiger partial charge is 0.306 e. The van der Waals surface area contributed by atoms with E-state index in [-0.39, 0.29) is 0 Å².